The Bertz CT molecular complexity index is 1120. The first-order valence-electron chi connectivity index (χ1n) is 7.32. The molecule has 2 aromatic heterocycles. The Labute approximate surface area is 139 Å². The average Bonchev–Trinajstić information content (AvgIpc) is 3.11. The molecule has 2 heterocycles. The van der Waals surface area contributed by atoms with E-state index in [2.05, 4.69) is 20.1 Å². The molecule has 6 nitrogen and oxygen atoms in total. The van der Waals surface area contributed by atoms with Gasteiger partial charge in [0.05, 0.1) is 17.2 Å². The van der Waals surface area contributed by atoms with Crippen molar-refractivity contribution in [2.75, 3.05) is 0 Å². The lowest BCUT2D eigenvalue weighted by Gasteiger charge is -2.03. The number of alkyl halides is 2. The lowest BCUT2D eigenvalue weighted by molar-refractivity contribution is 0.151. The summed E-state index contributed by atoms with van der Waals surface area (Å²) in [7, 11) is 0. The van der Waals surface area contributed by atoms with Gasteiger partial charge < -0.3 is 9.51 Å². The number of hydrogen-bond donors (Lipinski definition) is 1. The Morgan fingerprint density at radius 1 is 1.12 bits per heavy atom. The van der Waals surface area contributed by atoms with Crippen LogP contribution in [0, 0.1) is 0 Å². The zero-order chi connectivity index (χ0) is 17.4. The minimum atomic E-state index is -2.65. The van der Waals surface area contributed by atoms with Crippen LogP contribution >= 0.6 is 0 Å². The van der Waals surface area contributed by atoms with Crippen LogP contribution in [0.4, 0.5) is 8.78 Å². The topological polar surface area (TPSA) is 84.7 Å². The van der Waals surface area contributed by atoms with Crippen molar-refractivity contribution in [1.29, 1.82) is 0 Å². The highest BCUT2D eigenvalue weighted by molar-refractivity contribution is 5.82. The summed E-state index contributed by atoms with van der Waals surface area (Å²) in [6, 6.07) is 10.8. The molecule has 8 heteroatoms. The number of aromatic nitrogens is 4. The molecule has 25 heavy (non-hydrogen) atoms. The first-order valence-corrected chi connectivity index (χ1v) is 7.32. The van der Waals surface area contributed by atoms with Crippen LogP contribution in [0.3, 0.4) is 0 Å². The molecule has 4 rings (SSSR count). The predicted octanol–water partition coefficient (Wildman–Crippen LogP) is 3.58. The Hall–Kier alpha value is -3.42. The lowest BCUT2D eigenvalue weighted by atomic mass is 10.1. The van der Waals surface area contributed by atoms with Crippen molar-refractivity contribution in [2.45, 2.75) is 6.43 Å². The van der Waals surface area contributed by atoms with Crippen molar-refractivity contribution in [3.8, 4) is 22.8 Å². The molecule has 0 saturated carbocycles. The summed E-state index contributed by atoms with van der Waals surface area (Å²) in [5.74, 6) is 0.230. The van der Waals surface area contributed by atoms with Crippen molar-refractivity contribution >= 4 is 10.9 Å². The summed E-state index contributed by atoms with van der Waals surface area (Å²) in [5.41, 5.74) is 0.794. The predicted molar refractivity (Wildman–Crippen MR) is 86.0 cm³/mol. The molecule has 0 atom stereocenters. The van der Waals surface area contributed by atoms with E-state index in [9.17, 15) is 13.6 Å². The fourth-order valence-corrected chi connectivity index (χ4v) is 2.54. The first-order chi connectivity index (χ1) is 12.1. The molecule has 0 radical (unpaired) electrons. The van der Waals surface area contributed by atoms with Gasteiger partial charge in [-0.05, 0) is 18.2 Å². The van der Waals surface area contributed by atoms with Gasteiger partial charge in [0.25, 0.3) is 17.9 Å². The summed E-state index contributed by atoms with van der Waals surface area (Å²) < 4.78 is 31.4. The van der Waals surface area contributed by atoms with Gasteiger partial charge >= 0.3 is 0 Å². The van der Waals surface area contributed by atoms with Crippen LogP contribution < -0.4 is 5.56 Å². The van der Waals surface area contributed by atoms with E-state index in [1.807, 2.05) is 0 Å². The molecule has 124 valence electrons. The summed E-state index contributed by atoms with van der Waals surface area (Å²) in [6.45, 7) is 0. The summed E-state index contributed by atoms with van der Waals surface area (Å²) in [5, 5.41) is 4.28. The van der Waals surface area contributed by atoms with Crippen LogP contribution in [0.25, 0.3) is 33.7 Å². The third kappa shape index (κ3) is 2.67. The Kier molecular flexibility index (Phi) is 3.57. The second-order valence-electron chi connectivity index (χ2n) is 5.27. The van der Waals surface area contributed by atoms with Gasteiger partial charge in [-0.25, -0.2) is 13.8 Å². The third-order valence-electron chi connectivity index (χ3n) is 3.75. The molecule has 4 aromatic rings. The SMILES string of the molecule is O=c1[nH]cnc2cc(-c3noc(-c4ccccc4C(F)F)n3)ccc12. The number of benzene rings is 2. The number of nitrogens with one attached hydrogen (secondary N) is 1. The number of nitrogens with zero attached hydrogens (tertiary/aromatic N) is 3. The van der Waals surface area contributed by atoms with E-state index in [0.29, 0.717) is 16.5 Å². The monoisotopic (exact) mass is 340 g/mol. The van der Waals surface area contributed by atoms with Crippen molar-refractivity contribution in [3.63, 3.8) is 0 Å². The molecule has 0 aliphatic carbocycles. The van der Waals surface area contributed by atoms with Crippen molar-refractivity contribution in [3.05, 3.63) is 64.7 Å². The molecule has 2 aromatic carbocycles. The van der Waals surface area contributed by atoms with Crippen LogP contribution in [0.5, 0.6) is 0 Å². The van der Waals surface area contributed by atoms with Crippen LogP contribution in [0.2, 0.25) is 0 Å². The van der Waals surface area contributed by atoms with Gasteiger partial charge in [0.15, 0.2) is 0 Å². The zero-order valence-corrected chi connectivity index (χ0v) is 12.6. The number of halogens is 2. The van der Waals surface area contributed by atoms with Gasteiger partial charge in [-0.15, -0.1) is 0 Å². The van der Waals surface area contributed by atoms with E-state index in [4.69, 9.17) is 4.52 Å². The Balaban J connectivity index is 1.79. The second kappa shape index (κ2) is 5.90. The van der Waals surface area contributed by atoms with E-state index in [1.54, 1.807) is 24.3 Å². The number of fused-ring (bicyclic) bond motifs is 1. The minimum absolute atomic E-state index is 0.00450. The summed E-state index contributed by atoms with van der Waals surface area (Å²) in [4.78, 5) is 22.5. The van der Waals surface area contributed by atoms with Crippen LogP contribution in [-0.4, -0.2) is 20.1 Å². The highest BCUT2D eigenvalue weighted by Crippen LogP contribution is 2.31. The van der Waals surface area contributed by atoms with E-state index in [-0.39, 0.29) is 28.4 Å². The minimum Gasteiger partial charge on any atom is -0.334 e. The van der Waals surface area contributed by atoms with Gasteiger partial charge in [-0.2, -0.15) is 4.98 Å². The smallest absolute Gasteiger partial charge is 0.264 e. The average molecular weight is 340 g/mol. The first kappa shape index (κ1) is 15.1. The van der Waals surface area contributed by atoms with Crippen molar-refractivity contribution < 1.29 is 13.3 Å². The molecule has 0 spiro atoms. The van der Waals surface area contributed by atoms with E-state index < -0.39 is 6.43 Å². The highest BCUT2D eigenvalue weighted by atomic mass is 19.3. The molecule has 0 aliphatic rings. The molecular formula is C17H10F2N4O2. The highest BCUT2D eigenvalue weighted by Gasteiger charge is 2.19. The lowest BCUT2D eigenvalue weighted by Crippen LogP contribution is -2.05. The van der Waals surface area contributed by atoms with E-state index in [0.717, 1.165) is 0 Å². The maximum Gasteiger partial charge on any atom is 0.264 e. The number of hydrogen-bond acceptors (Lipinski definition) is 5. The Morgan fingerprint density at radius 2 is 1.96 bits per heavy atom. The normalized spacial score (nSPS) is 11.3. The fourth-order valence-electron chi connectivity index (χ4n) is 2.54. The molecule has 0 aliphatic heterocycles. The maximum absolute atomic E-state index is 13.1. The largest absolute Gasteiger partial charge is 0.334 e. The quantitative estimate of drug-likeness (QED) is 0.616. The molecular weight excluding hydrogens is 330 g/mol. The zero-order valence-electron chi connectivity index (χ0n) is 12.6. The van der Waals surface area contributed by atoms with Gasteiger partial charge in [0.2, 0.25) is 5.82 Å². The van der Waals surface area contributed by atoms with Gasteiger partial charge in [0, 0.05) is 16.7 Å². The standard InChI is InChI=1S/C17H10F2N4O2/c18-14(19)10-3-1-2-4-11(10)17-22-15(23-25-17)9-5-6-12-13(7-9)20-8-21-16(12)24/h1-8,14H,(H,20,21,24). The van der Waals surface area contributed by atoms with Crippen molar-refractivity contribution in [2.24, 2.45) is 0 Å². The Morgan fingerprint density at radius 3 is 2.80 bits per heavy atom. The number of H-pyrrole nitrogens is 1. The second-order valence-corrected chi connectivity index (χ2v) is 5.27. The van der Waals surface area contributed by atoms with Crippen LogP contribution in [0.1, 0.15) is 12.0 Å². The molecule has 0 fully saturated rings. The van der Waals surface area contributed by atoms with Crippen LogP contribution in [-0.2, 0) is 0 Å². The van der Waals surface area contributed by atoms with E-state index >= 15 is 0 Å². The fraction of sp³-hybridized carbons (Fsp3) is 0.0588. The third-order valence-corrected chi connectivity index (χ3v) is 3.75. The van der Waals surface area contributed by atoms with Crippen LogP contribution in [0.15, 0.2) is 58.1 Å². The maximum atomic E-state index is 13.1. The summed E-state index contributed by atoms with van der Waals surface area (Å²) in [6.07, 6.45) is -1.35. The number of aromatic amines is 1. The molecule has 0 bridgehead atoms. The molecule has 1 N–H and O–H groups in total. The van der Waals surface area contributed by atoms with Gasteiger partial charge in [-0.1, -0.05) is 29.4 Å². The van der Waals surface area contributed by atoms with Gasteiger partial charge in [-0.3, -0.25) is 4.79 Å². The van der Waals surface area contributed by atoms with E-state index in [1.165, 1.54) is 24.5 Å². The summed E-state index contributed by atoms with van der Waals surface area (Å²) >= 11 is 0. The van der Waals surface area contributed by atoms with Gasteiger partial charge in [0.1, 0.15) is 0 Å². The molecule has 0 unspecified atom stereocenters. The van der Waals surface area contributed by atoms with Crippen molar-refractivity contribution in [1.82, 2.24) is 20.1 Å². The molecule has 0 amide bonds. The molecule has 0 saturated heterocycles. The number of rotatable bonds is 3.